The second-order valence-electron chi connectivity index (χ2n) is 8.22. The molecule has 1 atom stereocenters. The van der Waals surface area contributed by atoms with Crippen LogP contribution in [-0.2, 0) is 21.0 Å². The zero-order valence-corrected chi connectivity index (χ0v) is 20.3. The van der Waals surface area contributed by atoms with Gasteiger partial charge in [0.15, 0.2) is 5.13 Å². The summed E-state index contributed by atoms with van der Waals surface area (Å²) >= 11 is 1.09. The minimum atomic E-state index is -4.43. The lowest BCUT2D eigenvalue weighted by Gasteiger charge is -2.19. The van der Waals surface area contributed by atoms with Gasteiger partial charge < -0.3 is 5.32 Å². The van der Waals surface area contributed by atoms with Crippen LogP contribution < -0.4 is 10.0 Å². The predicted molar refractivity (Wildman–Crippen MR) is 126 cm³/mol. The van der Waals surface area contributed by atoms with E-state index in [1.807, 2.05) is 20.8 Å². The molecule has 3 rings (SSSR count). The summed E-state index contributed by atoms with van der Waals surface area (Å²) in [5.74, 6) is -0.548. The quantitative estimate of drug-likeness (QED) is 0.420. The maximum Gasteiger partial charge on any atom is 0.416 e. The van der Waals surface area contributed by atoms with Gasteiger partial charge in [0, 0.05) is 10.9 Å². The Balaban J connectivity index is 1.75. The molecule has 182 valence electrons. The molecule has 2 N–H and O–H groups in total. The molecule has 1 aromatic heterocycles. The number of hydrogen-bond acceptors (Lipinski definition) is 5. The van der Waals surface area contributed by atoms with Gasteiger partial charge in [-0.05, 0) is 43.5 Å². The highest BCUT2D eigenvalue weighted by molar-refractivity contribution is 7.89. The Hall–Kier alpha value is -2.76. The van der Waals surface area contributed by atoms with Crippen molar-refractivity contribution in [1.29, 1.82) is 0 Å². The molecule has 0 fully saturated rings. The third-order valence-corrected chi connectivity index (χ3v) is 7.14. The van der Waals surface area contributed by atoms with Crippen molar-refractivity contribution >= 4 is 32.4 Å². The number of benzene rings is 2. The van der Waals surface area contributed by atoms with Gasteiger partial charge in [-0.15, -0.1) is 11.3 Å². The first kappa shape index (κ1) is 25.9. The lowest BCUT2D eigenvalue weighted by atomic mass is 10.0. The molecule has 0 saturated heterocycles. The summed E-state index contributed by atoms with van der Waals surface area (Å²) in [6.45, 7) is 5.57. The minimum Gasteiger partial charge on any atom is -0.301 e. The SMILES string of the molecule is Cc1ccc(S(=O)(=O)NC(CC(C)C)C(=O)Nc2nc(-c3ccc(C(F)(F)F)cc3)cs2)cc1. The molecule has 6 nitrogen and oxygen atoms in total. The van der Waals surface area contributed by atoms with Gasteiger partial charge in [-0.25, -0.2) is 13.4 Å². The zero-order valence-electron chi connectivity index (χ0n) is 18.7. The van der Waals surface area contributed by atoms with Crippen LogP contribution in [0.15, 0.2) is 58.8 Å². The van der Waals surface area contributed by atoms with Gasteiger partial charge in [-0.1, -0.05) is 43.7 Å². The Morgan fingerprint density at radius 1 is 1.06 bits per heavy atom. The molecule has 1 amide bonds. The average molecular weight is 512 g/mol. The lowest BCUT2D eigenvalue weighted by Crippen LogP contribution is -2.44. The number of anilines is 1. The van der Waals surface area contributed by atoms with Gasteiger partial charge in [-0.3, -0.25) is 4.79 Å². The number of rotatable bonds is 8. The Labute approximate surface area is 200 Å². The van der Waals surface area contributed by atoms with Crippen LogP contribution in [0, 0.1) is 12.8 Å². The van der Waals surface area contributed by atoms with E-state index in [-0.39, 0.29) is 22.4 Å². The summed E-state index contributed by atoms with van der Waals surface area (Å²) in [5, 5.41) is 4.43. The van der Waals surface area contributed by atoms with E-state index < -0.39 is 33.7 Å². The highest BCUT2D eigenvalue weighted by Gasteiger charge is 2.30. The van der Waals surface area contributed by atoms with E-state index in [0.29, 0.717) is 11.3 Å². The monoisotopic (exact) mass is 511 g/mol. The second-order valence-corrected chi connectivity index (χ2v) is 10.8. The van der Waals surface area contributed by atoms with Crippen molar-refractivity contribution in [3.8, 4) is 11.3 Å². The lowest BCUT2D eigenvalue weighted by molar-refractivity contribution is -0.137. The highest BCUT2D eigenvalue weighted by atomic mass is 32.2. The van der Waals surface area contributed by atoms with Crippen LogP contribution in [0.3, 0.4) is 0 Å². The number of nitrogens with zero attached hydrogens (tertiary/aromatic N) is 1. The van der Waals surface area contributed by atoms with Crippen molar-refractivity contribution < 1.29 is 26.4 Å². The molecule has 1 heterocycles. The van der Waals surface area contributed by atoms with E-state index in [0.717, 1.165) is 29.0 Å². The third-order valence-electron chi connectivity index (χ3n) is 4.89. The zero-order chi connectivity index (χ0) is 25.1. The van der Waals surface area contributed by atoms with Crippen LogP contribution in [0.5, 0.6) is 0 Å². The first-order valence-corrected chi connectivity index (χ1v) is 12.7. The Morgan fingerprint density at radius 3 is 2.24 bits per heavy atom. The van der Waals surface area contributed by atoms with Gasteiger partial charge in [0.25, 0.3) is 0 Å². The van der Waals surface area contributed by atoms with Crippen LogP contribution in [0.25, 0.3) is 11.3 Å². The molecule has 0 aliphatic rings. The van der Waals surface area contributed by atoms with Gasteiger partial charge in [0.2, 0.25) is 15.9 Å². The molecule has 0 spiro atoms. The van der Waals surface area contributed by atoms with E-state index in [1.165, 1.54) is 24.3 Å². The van der Waals surface area contributed by atoms with E-state index in [2.05, 4.69) is 15.0 Å². The standard InChI is InChI=1S/C23H24F3N3O3S2/c1-14(2)12-19(29-34(31,32)18-10-4-15(3)5-11-18)21(30)28-22-27-20(13-33-22)16-6-8-17(9-7-16)23(24,25)26/h4-11,13-14,19,29H,12H2,1-3H3,(H,27,28,30). The van der Waals surface area contributed by atoms with E-state index in [1.54, 1.807) is 17.5 Å². The Morgan fingerprint density at radius 2 is 1.68 bits per heavy atom. The Bertz CT molecular complexity index is 1240. The van der Waals surface area contributed by atoms with Crippen LogP contribution in [0.4, 0.5) is 18.3 Å². The first-order valence-electron chi connectivity index (χ1n) is 10.4. The fraction of sp³-hybridized carbons (Fsp3) is 0.304. The number of aryl methyl sites for hydroxylation is 1. The minimum absolute atomic E-state index is 0.0236. The van der Waals surface area contributed by atoms with Crippen molar-refractivity contribution in [2.45, 2.75) is 44.3 Å². The fourth-order valence-electron chi connectivity index (χ4n) is 3.14. The molecular weight excluding hydrogens is 487 g/mol. The molecule has 0 radical (unpaired) electrons. The first-order chi connectivity index (χ1) is 15.8. The van der Waals surface area contributed by atoms with Gasteiger partial charge in [-0.2, -0.15) is 17.9 Å². The third kappa shape index (κ3) is 6.64. The van der Waals surface area contributed by atoms with Crippen LogP contribution in [0.1, 0.15) is 31.4 Å². The molecule has 0 aliphatic heterocycles. The fourth-order valence-corrected chi connectivity index (χ4v) is 5.07. The summed E-state index contributed by atoms with van der Waals surface area (Å²) in [6.07, 6.45) is -4.18. The number of amides is 1. The number of carbonyl (C=O) groups is 1. The topological polar surface area (TPSA) is 88.2 Å². The largest absolute Gasteiger partial charge is 0.416 e. The van der Waals surface area contributed by atoms with E-state index in [4.69, 9.17) is 0 Å². The van der Waals surface area contributed by atoms with Gasteiger partial charge >= 0.3 is 6.18 Å². The molecule has 3 aromatic rings. The maximum absolute atomic E-state index is 12.9. The molecule has 0 bridgehead atoms. The molecule has 0 aliphatic carbocycles. The summed E-state index contributed by atoms with van der Waals surface area (Å²) in [7, 11) is -3.93. The van der Waals surface area contributed by atoms with Crippen molar-refractivity contribution in [1.82, 2.24) is 9.71 Å². The smallest absolute Gasteiger partial charge is 0.301 e. The number of carbonyl (C=O) groups excluding carboxylic acids is 1. The summed E-state index contributed by atoms with van der Waals surface area (Å²) in [4.78, 5) is 17.2. The number of aromatic nitrogens is 1. The van der Waals surface area contributed by atoms with Crippen LogP contribution >= 0.6 is 11.3 Å². The van der Waals surface area contributed by atoms with Gasteiger partial charge in [0.1, 0.15) is 6.04 Å². The Kier molecular flexibility index (Phi) is 7.79. The van der Waals surface area contributed by atoms with Gasteiger partial charge in [0.05, 0.1) is 16.2 Å². The summed E-state index contributed by atoms with van der Waals surface area (Å²) in [6, 6.07) is 9.79. The molecule has 0 saturated carbocycles. The molecule has 34 heavy (non-hydrogen) atoms. The van der Waals surface area contributed by atoms with E-state index in [9.17, 15) is 26.4 Å². The van der Waals surface area contributed by atoms with Crippen molar-refractivity contribution in [3.63, 3.8) is 0 Å². The van der Waals surface area contributed by atoms with Crippen LogP contribution in [0.2, 0.25) is 0 Å². The normalized spacial score (nSPS) is 13.1. The number of alkyl halides is 3. The van der Waals surface area contributed by atoms with Crippen molar-refractivity contribution in [2.24, 2.45) is 5.92 Å². The van der Waals surface area contributed by atoms with Crippen molar-refractivity contribution in [2.75, 3.05) is 5.32 Å². The van der Waals surface area contributed by atoms with Crippen LogP contribution in [-0.4, -0.2) is 25.4 Å². The highest BCUT2D eigenvalue weighted by Crippen LogP contribution is 2.32. The van der Waals surface area contributed by atoms with E-state index >= 15 is 0 Å². The number of thiazole rings is 1. The second kappa shape index (κ2) is 10.2. The summed E-state index contributed by atoms with van der Waals surface area (Å²) in [5.41, 5.74) is 0.999. The number of nitrogens with one attached hydrogen (secondary N) is 2. The number of halogens is 3. The maximum atomic E-state index is 12.9. The number of hydrogen-bond donors (Lipinski definition) is 2. The molecule has 2 aromatic carbocycles. The average Bonchev–Trinajstić information content (AvgIpc) is 3.21. The predicted octanol–water partition coefficient (Wildman–Crippen LogP) is 5.47. The molecular formula is C23H24F3N3O3S2. The molecule has 1 unspecified atom stereocenters. The molecule has 11 heteroatoms. The van der Waals surface area contributed by atoms with Crippen molar-refractivity contribution in [3.05, 3.63) is 65.0 Å². The number of sulfonamides is 1. The summed E-state index contributed by atoms with van der Waals surface area (Å²) < 4.78 is 66.4.